The molecule has 0 heterocycles. The smallest absolute Gasteiger partial charge is 0.0968 e. The predicted molar refractivity (Wildman–Crippen MR) is 55.7 cm³/mol. The highest BCUT2D eigenvalue weighted by atomic mass is 14.9. The number of amidine groups is 1. The molecule has 2 unspecified atom stereocenters. The van der Waals surface area contributed by atoms with Crippen LogP contribution in [0.3, 0.4) is 0 Å². The first-order valence-electron chi connectivity index (χ1n) is 5.57. The van der Waals surface area contributed by atoms with Crippen LogP contribution in [0.2, 0.25) is 0 Å². The highest BCUT2D eigenvalue weighted by Gasteiger charge is 2.27. The van der Waals surface area contributed by atoms with Gasteiger partial charge in [0.1, 0.15) is 0 Å². The van der Waals surface area contributed by atoms with Gasteiger partial charge in [0.2, 0.25) is 0 Å². The molecule has 0 spiro atoms. The van der Waals surface area contributed by atoms with E-state index in [-0.39, 0.29) is 0 Å². The minimum absolute atomic E-state index is 0.650. The summed E-state index contributed by atoms with van der Waals surface area (Å²) in [6.45, 7) is 3.34. The van der Waals surface area contributed by atoms with Gasteiger partial charge in [-0.2, -0.15) is 0 Å². The topological polar surface area (TPSA) is 38.4 Å². The molecule has 2 aliphatic carbocycles. The Bertz CT molecular complexity index is 206. The third-order valence-electron chi connectivity index (χ3n) is 3.54. The number of hydrogen-bond acceptors (Lipinski definition) is 1. The number of nitrogens with zero attached hydrogens (tertiary/aromatic N) is 1. The largest absolute Gasteiger partial charge is 0.387 e. The van der Waals surface area contributed by atoms with Crippen LogP contribution in [0, 0.1) is 17.8 Å². The van der Waals surface area contributed by atoms with Crippen LogP contribution in [-0.4, -0.2) is 12.4 Å². The van der Waals surface area contributed by atoms with E-state index < -0.39 is 0 Å². The first-order valence-corrected chi connectivity index (χ1v) is 5.57. The Morgan fingerprint density at radius 3 is 2.62 bits per heavy atom. The van der Waals surface area contributed by atoms with Crippen LogP contribution in [-0.2, 0) is 0 Å². The Balaban J connectivity index is 1.80. The fourth-order valence-corrected chi connectivity index (χ4v) is 2.22. The Hall–Kier alpha value is -0.530. The summed E-state index contributed by atoms with van der Waals surface area (Å²) in [5.74, 6) is 3.27. The van der Waals surface area contributed by atoms with Gasteiger partial charge in [-0.3, -0.25) is 4.99 Å². The van der Waals surface area contributed by atoms with Crippen LogP contribution >= 0.6 is 0 Å². The summed E-state index contributed by atoms with van der Waals surface area (Å²) in [7, 11) is 0. The van der Waals surface area contributed by atoms with Gasteiger partial charge in [0.05, 0.1) is 5.84 Å². The monoisotopic (exact) mass is 180 g/mol. The Kier molecular flexibility index (Phi) is 2.56. The van der Waals surface area contributed by atoms with Crippen molar-refractivity contribution >= 4 is 5.84 Å². The van der Waals surface area contributed by atoms with E-state index in [9.17, 15) is 0 Å². The van der Waals surface area contributed by atoms with Gasteiger partial charge in [-0.25, -0.2) is 0 Å². The van der Waals surface area contributed by atoms with Crippen molar-refractivity contribution in [3.63, 3.8) is 0 Å². The average molecular weight is 180 g/mol. The fourth-order valence-electron chi connectivity index (χ4n) is 2.22. The van der Waals surface area contributed by atoms with Crippen molar-refractivity contribution < 1.29 is 0 Å². The van der Waals surface area contributed by atoms with E-state index in [2.05, 4.69) is 11.9 Å². The molecule has 2 atom stereocenters. The van der Waals surface area contributed by atoms with Crippen molar-refractivity contribution in [2.75, 3.05) is 6.54 Å². The zero-order valence-corrected chi connectivity index (χ0v) is 8.50. The first-order chi connectivity index (χ1) is 6.27. The molecule has 0 amide bonds. The van der Waals surface area contributed by atoms with Crippen LogP contribution < -0.4 is 5.73 Å². The molecule has 2 heteroatoms. The molecule has 0 aliphatic heterocycles. The van der Waals surface area contributed by atoms with Gasteiger partial charge in [0, 0.05) is 12.5 Å². The third-order valence-corrected chi connectivity index (χ3v) is 3.54. The average Bonchev–Trinajstić information content (AvgIpc) is 2.88. The van der Waals surface area contributed by atoms with Gasteiger partial charge in [-0.1, -0.05) is 19.8 Å². The van der Waals surface area contributed by atoms with E-state index in [1.165, 1.54) is 32.1 Å². The SMILES string of the molecule is CC1CCCC1CN=C(N)C1CC1. The quantitative estimate of drug-likeness (QED) is 0.524. The normalized spacial score (nSPS) is 35.3. The van der Waals surface area contributed by atoms with Gasteiger partial charge in [-0.15, -0.1) is 0 Å². The van der Waals surface area contributed by atoms with Gasteiger partial charge < -0.3 is 5.73 Å². The lowest BCUT2D eigenvalue weighted by molar-refractivity contribution is 0.430. The minimum Gasteiger partial charge on any atom is -0.387 e. The van der Waals surface area contributed by atoms with Crippen LogP contribution in [0.1, 0.15) is 39.0 Å². The molecule has 0 aromatic rings. The molecule has 0 radical (unpaired) electrons. The van der Waals surface area contributed by atoms with E-state index in [1.807, 2.05) is 0 Å². The first kappa shape index (κ1) is 9.04. The van der Waals surface area contributed by atoms with E-state index >= 15 is 0 Å². The summed E-state index contributed by atoms with van der Waals surface area (Å²) in [5, 5.41) is 0. The van der Waals surface area contributed by atoms with Crippen LogP contribution in [0.5, 0.6) is 0 Å². The molecule has 0 aromatic carbocycles. The van der Waals surface area contributed by atoms with Crippen LogP contribution in [0.15, 0.2) is 4.99 Å². The van der Waals surface area contributed by atoms with Crippen molar-refractivity contribution in [2.24, 2.45) is 28.5 Å². The Morgan fingerprint density at radius 2 is 2.08 bits per heavy atom. The molecule has 2 fully saturated rings. The van der Waals surface area contributed by atoms with Crippen LogP contribution in [0.25, 0.3) is 0 Å². The van der Waals surface area contributed by atoms with Crippen molar-refractivity contribution in [3.8, 4) is 0 Å². The van der Waals surface area contributed by atoms with Crippen LogP contribution in [0.4, 0.5) is 0 Å². The Labute approximate surface area is 80.6 Å². The van der Waals surface area contributed by atoms with Crippen molar-refractivity contribution in [1.82, 2.24) is 0 Å². The Morgan fingerprint density at radius 1 is 1.31 bits per heavy atom. The van der Waals surface area contributed by atoms with Crippen molar-refractivity contribution in [2.45, 2.75) is 39.0 Å². The number of hydrogen-bond donors (Lipinski definition) is 1. The van der Waals surface area contributed by atoms with Gasteiger partial charge in [0.15, 0.2) is 0 Å². The lowest BCUT2D eigenvalue weighted by atomic mass is 9.98. The molecule has 0 bridgehead atoms. The van der Waals surface area contributed by atoms with Crippen molar-refractivity contribution in [1.29, 1.82) is 0 Å². The van der Waals surface area contributed by atoms with Gasteiger partial charge >= 0.3 is 0 Å². The highest BCUT2D eigenvalue weighted by Crippen LogP contribution is 2.32. The number of aliphatic imine (C=N–C) groups is 1. The summed E-state index contributed by atoms with van der Waals surface area (Å²) in [6, 6.07) is 0. The molecule has 2 nitrogen and oxygen atoms in total. The second kappa shape index (κ2) is 3.69. The minimum atomic E-state index is 0.650. The summed E-state index contributed by atoms with van der Waals surface area (Å²) in [6.07, 6.45) is 6.70. The van der Waals surface area contributed by atoms with Gasteiger partial charge in [-0.05, 0) is 31.1 Å². The predicted octanol–water partition coefficient (Wildman–Crippen LogP) is 2.19. The zero-order chi connectivity index (χ0) is 9.26. The molecular formula is C11H20N2. The van der Waals surface area contributed by atoms with Gasteiger partial charge in [0.25, 0.3) is 0 Å². The lowest BCUT2D eigenvalue weighted by Crippen LogP contribution is -2.17. The summed E-state index contributed by atoms with van der Waals surface area (Å²) >= 11 is 0. The van der Waals surface area contributed by atoms with E-state index in [0.717, 1.165) is 24.2 Å². The molecule has 2 saturated carbocycles. The van der Waals surface area contributed by atoms with E-state index in [4.69, 9.17) is 5.73 Å². The summed E-state index contributed by atoms with van der Waals surface area (Å²) in [5.41, 5.74) is 5.85. The molecular weight excluding hydrogens is 160 g/mol. The maximum atomic E-state index is 5.85. The number of nitrogens with two attached hydrogens (primary N) is 1. The maximum absolute atomic E-state index is 5.85. The summed E-state index contributed by atoms with van der Waals surface area (Å²) < 4.78 is 0. The molecule has 74 valence electrons. The lowest BCUT2D eigenvalue weighted by Gasteiger charge is -2.12. The molecule has 0 aromatic heterocycles. The summed E-state index contributed by atoms with van der Waals surface area (Å²) in [4.78, 5) is 4.51. The standard InChI is InChI=1S/C11H20N2/c1-8-3-2-4-10(8)7-13-11(12)9-5-6-9/h8-10H,2-7H2,1H3,(H2,12,13). The maximum Gasteiger partial charge on any atom is 0.0968 e. The van der Waals surface area contributed by atoms with E-state index in [0.29, 0.717) is 5.92 Å². The third kappa shape index (κ3) is 2.23. The molecule has 0 saturated heterocycles. The zero-order valence-electron chi connectivity index (χ0n) is 8.50. The molecule has 2 rings (SSSR count). The van der Waals surface area contributed by atoms with Crippen molar-refractivity contribution in [3.05, 3.63) is 0 Å². The molecule has 13 heavy (non-hydrogen) atoms. The van der Waals surface area contributed by atoms with E-state index in [1.54, 1.807) is 0 Å². The number of rotatable bonds is 3. The fraction of sp³-hybridized carbons (Fsp3) is 0.909. The second-order valence-corrected chi connectivity index (χ2v) is 4.71. The highest BCUT2D eigenvalue weighted by molar-refractivity contribution is 5.84. The molecule has 2 aliphatic rings. The molecule has 2 N–H and O–H groups in total. The second-order valence-electron chi connectivity index (χ2n) is 4.71.